The zero-order chi connectivity index (χ0) is 8.32. The summed E-state index contributed by atoms with van der Waals surface area (Å²) in [6.07, 6.45) is 4.20. The van der Waals surface area contributed by atoms with Crippen LogP contribution >= 0.6 is 27.5 Å². The Morgan fingerprint density at radius 1 is 1.64 bits per heavy atom. The third kappa shape index (κ3) is 2.60. The maximum absolute atomic E-state index is 5.79. The standard InChI is InChI=1S/C8H14BrClO/c1-8(5-9,6-10)11-7-3-2-4-7/h7H,2-6H2,1H3. The maximum atomic E-state index is 5.79. The highest BCUT2D eigenvalue weighted by atomic mass is 79.9. The molecule has 11 heavy (non-hydrogen) atoms. The van der Waals surface area contributed by atoms with Crippen molar-refractivity contribution in [1.29, 1.82) is 0 Å². The number of hydrogen-bond acceptors (Lipinski definition) is 1. The SMILES string of the molecule is CC(CCl)(CBr)OC1CCC1. The number of alkyl halides is 2. The molecule has 0 aromatic carbocycles. The number of hydrogen-bond donors (Lipinski definition) is 0. The van der Waals surface area contributed by atoms with Gasteiger partial charge in [0.05, 0.1) is 17.6 Å². The quantitative estimate of drug-likeness (QED) is 0.688. The molecule has 1 unspecified atom stereocenters. The first-order valence-corrected chi connectivity index (χ1v) is 5.65. The minimum atomic E-state index is -0.160. The van der Waals surface area contributed by atoms with Crippen LogP contribution in [0.3, 0.4) is 0 Å². The number of rotatable bonds is 4. The molecule has 1 aliphatic carbocycles. The largest absolute Gasteiger partial charge is 0.370 e. The fourth-order valence-corrected chi connectivity index (χ4v) is 1.71. The molecule has 0 N–H and O–H groups in total. The van der Waals surface area contributed by atoms with Gasteiger partial charge in [0.1, 0.15) is 0 Å². The Bertz CT molecular complexity index is 121. The van der Waals surface area contributed by atoms with Crippen LogP contribution in [-0.2, 0) is 4.74 Å². The molecule has 0 aromatic heterocycles. The molecule has 0 saturated heterocycles. The molecule has 1 atom stereocenters. The highest BCUT2D eigenvalue weighted by molar-refractivity contribution is 9.09. The minimum absolute atomic E-state index is 0.160. The molecule has 0 aliphatic heterocycles. The molecule has 0 bridgehead atoms. The van der Waals surface area contributed by atoms with Gasteiger partial charge in [-0.05, 0) is 26.2 Å². The van der Waals surface area contributed by atoms with Crippen LogP contribution in [0, 0.1) is 0 Å². The predicted molar refractivity (Wildman–Crippen MR) is 51.6 cm³/mol. The lowest BCUT2D eigenvalue weighted by molar-refractivity contribution is -0.0864. The Kier molecular flexibility index (Phi) is 3.66. The van der Waals surface area contributed by atoms with Gasteiger partial charge in [0, 0.05) is 5.33 Å². The summed E-state index contributed by atoms with van der Waals surface area (Å²) in [5, 5.41) is 0.819. The first kappa shape index (κ1) is 9.82. The predicted octanol–water partition coefficient (Wildman–Crippen LogP) is 2.95. The Labute approximate surface area is 81.6 Å². The molecule has 1 aliphatic rings. The highest BCUT2D eigenvalue weighted by Crippen LogP contribution is 2.28. The Hall–Kier alpha value is 0.730. The molecule has 1 rings (SSSR count). The van der Waals surface area contributed by atoms with Crippen LogP contribution in [0.15, 0.2) is 0 Å². The number of ether oxygens (including phenoxy) is 1. The van der Waals surface area contributed by atoms with Gasteiger partial charge in [-0.25, -0.2) is 0 Å². The lowest BCUT2D eigenvalue weighted by atomic mass is 9.95. The van der Waals surface area contributed by atoms with Crippen molar-refractivity contribution in [1.82, 2.24) is 0 Å². The molecule has 0 radical (unpaired) electrons. The summed E-state index contributed by atoms with van der Waals surface area (Å²) in [5.41, 5.74) is -0.160. The fraction of sp³-hybridized carbons (Fsp3) is 1.00. The number of halogens is 2. The molecule has 0 spiro atoms. The molecule has 0 amide bonds. The van der Waals surface area contributed by atoms with E-state index in [-0.39, 0.29) is 5.60 Å². The monoisotopic (exact) mass is 240 g/mol. The van der Waals surface area contributed by atoms with E-state index in [0.29, 0.717) is 12.0 Å². The van der Waals surface area contributed by atoms with E-state index in [2.05, 4.69) is 15.9 Å². The van der Waals surface area contributed by atoms with Crippen LogP contribution in [0.5, 0.6) is 0 Å². The fourth-order valence-electron chi connectivity index (χ4n) is 0.990. The van der Waals surface area contributed by atoms with Crippen molar-refractivity contribution in [2.24, 2.45) is 0 Å². The van der Waals surface area contributed by atoms with Crippen molar-refractivity contribution in [3.8, 4) is 0 Å². The third-order valence-corrected chi connectivity index (χ3v) is 3.82. The lowest BCUT2D eigenvalue weighted by Gasteiger charge is -2.35. The summed E-state index contributed by atoms with van der Waals surface area (Å²) in [4.78, 5) is 0. The maximum Gasteiger partial charge on any atom is 0.0889 e. The van der Waals surface area contributed by atoms with Gasteiger partial charge in [-0.3, -0.25) is 0 Å². The van der Waals surface area contributed by atoms with E-state index in [1.54, 1.807) is 0 Å². The average Bonchev–Trinajstić information content (AvgIpc) is 1.97. The zero-order valence-corrected chi connectivity index (χ0v) is 9.12. The van der Waals surface area contributed by atoms with Crippen molar-refractivity contribution in [3.63, 3.8) is 0 Å². The van der Waals surface area contributed by atoms with E-state index in [1.165, 1.54) is 19.3 Å². The van der Waals surface area contributed by atoms with E-state index >= 15 is 0 Å². The van der Waals surface area contributed by atoms with Crippen LogP contribution in [0.2, 0.25) is 0 Å². The van der Waals surface area contributed by atoms with Crippen LogP contribution in [-0.4, -0.2) is 22.9 Å². The zero-order valence-electron chi connectivity index (χ0n) is 6.78. The third-order valence-electron chi connectivity index (χ3n) is 2.07. The van der Waals surface area contributed by atoms with Crippen LogP contribution in [0.1, 0.15) is 26.2 Å². The van der Waals surface area contributed by atoms with Crippen LogP contribution in [0.4, 0.5) is 0 Å². The van der Waals surface area contributed by atoms with Crippen molar-refractivity contribution in [3.05, 3.63) is 0 Å². The molecule has 1 nitrogen and oxygen atoms in total. The summed E-state index contributed by atoms with van der Waals surface area (Å²) >= 11 is 9.18. The summed E-state index contributed by atoms with van der Waals surface area (Å²) in [7, 11) is 0. The first-order chi connectivity index (χ1) is 5.20. The van der Waals surface area contributed by atoms with E-state index in [0.717, 1.165) is 5.33 Å². The van der Waals surface area contributed by atoms with Gasteiger partial charge in [0.2, 0.25) is 0 Å². The highest BCUT2D eigenvalue weighted by Gasteiger charge is 2.29. The van der Waals surface area contributed by atoms with Crippen molar-refractivity contribution < 1.29 is 4.74 Å². The second kappa shape index (κ2) is 4.11. The summed E-state index contributed by atoms with van der Waals surface area (Å²) in [5.74, 6) is 0.564. The molecular formula is C8H14BrClO. The Morgan fingerprint density at radius 3 is 2.55 bits per heavy atom. The van der Waals surface area contributed by atoms with Gasteiger partial charge in [0.25, 0.3) is 0 Å². The van der Waals surface area contributed by atoms with Crippen LogP contribution < -0.4 is 0 Å². The van der Waals surface area contributed by atoms with Gasteiger partial charge in [-0.1, -0.05) is 15.9 Å². The Morgan fingerprint density at radius 2 is 2.27 bits per heavy atom. The molecule has 1 fully saturated rings. The second-order valence-electron chi connectivity index (χ2n) is 3.39. The topological polar surface area (TPSA) is 9.23 Å². The normalized spacial score (nSPS) is 24.3. The second-order valence-corrected chi connectivity index (χ2v) is 4.22. The molecule has 0 aromatic rings. The van der Waals surface area contributed by atoms with E-state index in [1.807, 2.05) is 6.92 Å². The van der Waals surface area contributed by atoms with Crippen molar-refractivity contribution in [2.75, 3.05) is 11.2 Å². The smallest absolute Gasteiger partial charge is 0.0889 e. The first-order valence-electron chi connectivity index (χ1n) is 4.00. The molecule has 1 saturated carbocycles. The molecular weight excluding hydrogens is 227 g/mol. The van der Waals surface area contributed by atoms with Crippen LogP contribution in [0.25, 0.3) is 0 Å². The average molecular weight is 242 g/mol. The molecule has 66 valence electrons. The van der Waals surface area contributed by atoms with Gasteiger partial charge in [-0.15, -0.1) is 11.6 Å². The van der Waals surface area contributed by atoms with E-state index < -0.39 is 0 Å². The van der Waals surface area contributed by atoms with Gasteiger partial charge >= 0.3 is 0 Å². The van der Waals surface area contributed by atoms with E-state index in [4.69, 9.17) is 16.3 Å². The summed E-state index contributed by atoms with van der Waals surface area (Å²) < 4.78 is 5.79. The summed E-state index contributed by atoms with van der Waals surface area (Å²) in [6, 6.07) is 0. The van der Waals surface area contributed by atoms with Gasteiger partial charge < -0.3 is 4.74 Å². The van der Waals surface area contributed by atoms with E-state index in [9.17, 15) is 0 Å². The molecule has 3 heteroatoms. The van der Waals surface area contributed by atoms with Gasteiger partial charge in [0.15, 0.2) is 0 Å². The Balaban J connectivity index is 2.29. The lowest BCUT2D eigenvalue weighted by Crippen LogP contribution is -2.39. The minimum Gasteiger partial charge on any atom is -0.370 e. The van der Waals surface area contributed by atoms with Crippen molar-refractivity contribution in [2.45, 2.75) is 37.9 Å². The summed E-state index contributed by atoms with van der Waals surface area (Å²) in [6.45, 7) is 2.05. The van der Waals surface area contributed by atoms with Crippen molar-refractivity contribution >= 4 is 27.5 Å². The van der Waals surface area contributed by atoms with Gasteiger partial charge in [-0.2, -0.15) is 0 Å². The molecule has 0 heterocycles.